The number of carbonyl (C=O) groups excluding carboxylic acids is 1. The Morgan fingerprint density at radius 3 is 2.64 bits per heavy atom. The van der Waals surface area contributed by atoms with Crippen molar-refractivity contribution >= 4 is 23.2 Å². The zero-order valence-electron chi connectivity index (χ0n) is 12.0. The lowest BCUT2D eigenvalue weighted by atomic mass is 10.2. The molecule has 0 fully saturated rings. The van der Waals surface area contributed by atoms with Gasteiger partial charge in [-0.1, -0.05) is 18.2 Å². The highest BCUT2D eigenvalue weighted by Gasteiger charge is 2.10. The van der Waals surface area contributed by atoms with Crippen LogP contribution >= 0.6 is 11.6 Å². The van der Waals surface area contributed by atoms with Crippen molar-refractivity contribution in [1.29, 1.82) is 0 Å². The van der Waals surface area contributed by atoms with Gasteiger partial charge in [-0.25, -0.2) is 4.39 Å². The highest BCUT2D eigenvalue weighted by molar-refractivity contribution is 6.17. The van der Waals surface area contributed by atoms with Gasteiger partial charge < -0.3 is 10.1 Å². The number of para-hydroxylation sites is 1. The summed E-state index contributed by atoms with van der Waals surface area (Å²) >= 11 is 5.58. The average Bonchev–Trinajstić information content (AvgIpc) is 2.51. The average molecular weight is 322 g/mol. The third kappa shape index (κ3) is 5.04. The van der Waals surface area contributed by atoms with Crippen LogP contribution < -0.4 is 10.1 Å². The van der Waals surface area contributed by atoms with Crippen LogP contribution in [-0.2, 0) is 4.79 Å². The zero-order valence-corrected chi connectivity index (χ0v) is 12.8. The number of hydrogen-bond donors (Lipinski definition) is 1. The maximum Gasteiger partial charge on any atom is 0.224 e. The number of hydrogen-bond acceptors (Lipinski definition) is 2. The first-order valence-electron chi connectivity index (χ1n) is 7.07. The lowest BCUT2D eigenvalue weighted by Gasteiger charge is -2.12. The van der Waals surface area contributed by atoms with Gasteiger partial charge in [-0.2, -0.15) is 0 Å². The molecule has 2 aromatic carbocycles. The molecule has 1 amide bonds. The van der Waals surface area contributed by atoms with Crippen molar-refractivity contribution in [3.8, 4) is 11.5 Å². The van der Waals surface area contributed by atoms with Crippen LogP contribution in [0.3, 0.4) is 0 Å². The van der Waals surface area contributed by atoms with Gasteiger partial charge in [0, 0.05) is 18.4 Å². The third-order valence-electron chi connectivity index (χ3n) is 2.97. The van der Waals surface area contributed by atoms with E-state index in [1.807, 2.05) is 18.2 Å². The van der Waals surface area contributed by atoms with E-state index in [9.17, 15) is 9.18 Å². The first-order chi connectivity index (χ1) is 10.7. The van der Waals surface area contributed by atoms with E-state index in [2.05, 4.69) is 5.32 Å². The number of ether oxygens (including phenoxy) is 1. The van der Waals surface area contributed by atoms with Crippen LogP contribution in [-0.4, -0.2) is 11.8 Å². The van der Waals surface area contributed by atoms with Crippen LogP contribution in [0.25, 0.3) is 0 Å². The summed E-state index contributed by atoms with van der Waals surface area (Å²) in [5.41, 5.74) is 0.319. The number of alkyl halides is 1. The number of anilines is 1. The first-order valence-corrected chi connectivity index (χ1v) is 7.61. The number of benzene rings is 2. The topological polar surface area (TPSA) is 38.3 Å². The Morgan fingerprint density at radius 1 is 1.14 bits per heavy atom. The summed E-state index contributed by atoms with van der Waals surface area (Å²) in [5.74, 6) is 0.922. The molecular formula is C17H17ClFNO2. The van der Waals surface area contributed by atoms with Crippen molar-refractivity contribution in [2.45, 2.75) is 19.3 Å². The molecule has 0 aromatic heterocycles. The number of amides is 1. The molecule has 0 atom stereocenters. The van der Waals surface area contributed by atoms with Gasteiger partial charge in [-0.15, -0.1) is 11.6 Å². The molecule has 0 aliphatic carbocycles. The van der Waals surface area contributed by atoms with E-state index in [0.717, 1.165) is 6.42 Å². The molecular weight excluding hydrogens is 305 g/mol. The highest BCUT2D eigenvalue weighted by Crippen LogP contribution is 2.30. The van der Waals surface area contributed by atoms with Gasteiger partial charge in [-0.3, -0.25) is 4.79 Å². The molecule has 5 heteroatoms. The molecule has 0 heterocycles. The normalized spacial score (nSPS) is 10.3. The molecule has 116 valence electrons. The molecule has 0 saturated carbocycles. The summed E-state index contributed by atoms with van der Waals surface area (Å²) in [5, 5.41) is 2.68. The Morgan fingerprint density at radius 2 is 1.91 bits per heavy atom. The standard InChI is InChI=1S/C17H17ClFNO2/c18-11-5-4-8-17(21)20-15-12-13(19)9-10-16(15)22-14-6-2-1-3-7-14/h1-3,6-7,9-10,12H,4-5,8,11H2,(H,20,21). The molecule has 1 N–H and O–H groups in total. The molecule has 0 aliphatic rings. The van der Waals surface area contributed by atoms with Gasteiger partial charge in [0.1, 0.15) is 11.6 Å². The Balaban J connectivity index is 2.09. The zero-order chi connectivity index (χ0) is 15.8. The largest absolute Gasteiger partial charge is 0.455 e. The van der Waals surface area contributed by atoms with Crippen LogP contribution in [0.2, 0.25) is 0 Å². The maximum absolute atomic E-state index is 13.4. The van der Waals surface area contributed by atoms with E-state index in [1.54, 1.807) is 12.1 Å². The number of rotatable bonds is 7. The van der Waals surface area contributed by atoms with Crippen LogP contribution in [0.4, 0.5) is 10.1 Å². The van der Waals surface area contributed by atoms with Crippen molar-refractivity contribution in [3.63, 3.8) is 0 Å². The third-order valence-corrected chi connectivity index (χ3v) is 3.24. The summed E-state index contributed by atoms with van der Waals surface area (Å²) in [6.07, 6.45) is 1.80. The van der Waals surface area contributed by atoms with Gasteiger partial charge in [0.2, 0.25) is 5.91 Å². The van der Waals surface area contributed by atoms with Gasteiger partial charge >= 0.3 is 0 Å². The summed E-state index contributed by atoms with van der Waals surface area (Å²) in [6.45, 7) is 0. The molecule has 0 aliphatic heterocycles. The van der Waals surface area contributed by atoms with Crippen LogP contribution in [0.5, 0.6) is 11.5 Å². The second-order valence-corrected chi connectivity index (χ2v) is 5.13. The van der Waals surface area contributed by atoms with Gasteiger partial charge in [0.15, 0.2) is 5.75 Å². The van der Waals surface area contributed by atoms with Crippen LogP contribution in [0.15, 0.2) is 48.5 Å². The molecule has 2 rings (SSSR count). The first kappa shape index (κ1) is 16.3. The molecule has 3 nitrogen and oxygen atoms in total. The fourth-order valence-corrected chi connectivity index (χ4v) is 2.09. The predicted molar refractivity (Wildman–Crippen MR) is 86.1 cm³/mol. The summed E-state index contributed by atoms with van der Waals surface area (Å²) in [6, 6.07) is 13.2. The molecule has 0 unspecified atom stereocenters. The van der Waals surface area contributed by atoms with Crippen molar-refractivity contribution in [2.75, 3.05) is 11.2 Å². The van der Waals surface area contributed by atoms with E-state index < -0.39 is 5.82 Å². The van der Waals surface area contributed by atoms with Crippen molar-refractivity contribution < 1.29 is 13.9 Å². The monoisotopic (exact) mass is 321 g/mol. The highest BCUT2D eigenvalue weighted by atomic mass is 35.5. The van der Waals surface area contributed by atoms with Gasteiger partial charge in [0.25, 0.3) is 0 Å². The van der Waals surface area contributed by atoms with Crippen LogP contribution in [0, 0.1) is 5.82 Å². The van der Waals surface area contributed by atoms with E-state index in [-0.39, 0.29) is 5.91 Å². The minimum Gasteiger partial charge on any atom is -0.455 e. The van der Waals surface area contributed by atoms with Crippen molar-refractivity contribution in [3.05, 3.63) is 54.3 Å². The summed E-state index contributed by atoms with van der Waals surface area (Å²) in [4.78, 5) is 11.9. The van der Waals surface area contributed by atoms with E-state index >= 15 is 0 Å². The molecule has 2 aromatic rings. The molecule has 0 spiro atoms. The van der Waals surface area contributed by atoms with Crippen molar-refractivity contribution in [1.82, 2.24) is 0 Å². The second kappa shape index (κ2) is 8.39. The molecule has 0 saturated heterocycles. The minimum atomic E-state index is -0.434. The maximum atomic E-state index is 13.4. The Hall–Kier alpha value is -2.07. The van der Waals surface area contributed by atoms with E-state index in [0.29, 0.717) is 35.9 Å². The fourth-order valence-electron chi connectivity index (χ4n) is 1.90. The predicted octanol–water partition coefficient (Wildman–Crippen LogP) is 4.97. The molecule has 0 radical (unpaired) electrons. The smallest absolute Gasteiger partial charge is 0.224 e. The number of unbranched alkanes of at least 4 members (excludes halogenated alkanes) is 1. The lowest BCUT2D eigenvalue weighted by Crippen LogP contribution is -2.12. The summed E-state index contributed by atoms with van der Waals surface area (Å²) in [7, 11) is 0. The van der Waals surface area contributed by atoms with Gasteiger partial charge in [-0.05, 0) is 37.1 Å². The minimum absolute atomic E-state index is 0.186. The SMILES string of the molecule is O=C(CCCCCl)Nc1cc(F)ccc1Oc1ccccc1. The van der Waals surface area contributed by atoms with Crippen LogP contribution in [0.1, 0.15) is 19.3 Å². The number of nitrogens with one attached hydrogen (secondary N) is 1. The van der Waals surface area contributed by atoms with Crippen molar-refractivity contribution in [2.24, 2.45) is 0 Å². The number of halogens is 2. The quantitative estimate of drug-likeness (QED) is 0.578. The fraction of sp³-hybridized carbons (Fsp3) is 0.235. The lowest BCUT2D eigenvalue weighted by molar-refractivity contribution is -0.116. The Kier molecular flexibility index (Phi) is 6.22. The molecule has 22 heavy (non-hydrogen) atoms. The second-order valence-electron chi connectivity index (χ2n) is 4.75. The van der Waals surface area contributed by atoms with E-state index in [1.165, 1.54) is 18.2 Å². The van der Waals surface area contributed by atoms with E-state index in [4.69, 9.17) is 16.3 Å². The molecule has 0 bridgehead atoms. The summed E-state index contributed by atoms with van der Waals surface area (Å²) < 4.78 is 19.1. The Labute approximate surface area is 134 Å². The van der Waals surface area contributed by atoms with Gasteiger partial charge in [0.05, 0.1) is 5.69 Å². The Bertz CT molecular complexity index is 619. The number of carbonyl (C=O) groups is 1.